The van der Waals surface area contributed by atoms with E-state index in [0.717, 1.165) is 47.1 Å². The number of nitrogens with zero attached hydrogens (tertiary/aromatic N) is 4. The van der Waals surface area contributed by atoms with Crippen LogP contribution in [0.15, 0.2) is 109 Å². The van der Waals surface area contributed by atoms with E-state index in [4.69, 9.17) is 15.0 Å². The summed E-state index contributed by atoms with van der Waals surface area (Å²) in [4.78, 5) is 14.7. The molecule has 1 aliphatic carbocycles. The van der Waals surface area contributed by atoms with Crippen LogP contribution < -0.4 is 0 Å². The summed E-state index contributed by atoms with van der Waals surface area (Å²) in [5.74, 6) is 0. The topological polar surface area (TPSA) is 43.6 Å². The Morgan fingerprint density at radius 1 is 0.556 bits per heavy atom. The van der Waals surface area contributed by atoms with Gasteiger partial charge in [-0.05, 0) is 41.8 Å². The van der Waals surface area contributed by atoms with Crippen molar-refractivity contribution in [3.8, 4) is 5.69 Å². The fourth-order valence-corrected chi connectivity index (χ4v) is 6.41. The van der Waals surface area contributed by atoms with E-state index in [2.05, 4.69) is 82.7 Å². The molecule has 7 aromatic rings. The van der Waals surface area contributed by atoms with Gasteiger partial charge in [-0.1, -0.05) is 48.5 Å². The van der Waals surface area contributed by atoms with E-state index in [0.29, 0.717) is 0 Å². The van der Waals surface area contributed by atoms with Crippen LogP contribution in [-0.4, -0.2) is 19.5 Å². The Balaban J connectivity index is 1.68. The predicted octanol–water partition coefficient (Wildman–Crippen LogP) is 6.49. The highest BCUT2D eigenvalue weighted by Gasteiger charge is 2.12. The monoisotopic (exact) mass is 478 g/mol. The van der Waals surface area contributed by atoms with Crippen molar-refractivity contribution >= 4 is 33.1 Å². The van der Waals surface area contributed by atoms with Crippen LogP contribution in [0, 0.1) is 41.5 Å². The molecule has 0 atom stereocenters. The van der Waals surface area contributed by atoms with Crippen LogP contribution in [0.1, 0.15) is 0 Å². The standard InChI is InChI=1S/C31H18N4S/c1-3-11-26-20(7-1)21-8-2-4-12-27(21)35(26)19-17-25-23-10-6-15-33-29(23)28-22(9-5-14-32-28)24-13-16-36-31(24)30(25)34-18-19/h1-18H/b24-22-,25-23-,29-28-,31-30-. The van der Waals surface area contributed by atoms with Crippen LogP contribution in [-0.2, 0) is 0 Å². The van der Waals surface area contributed by atoms with Crippen molar-refractivity contribution in [3.63, 3.8) is 0 Å². The summed E-state index contributed by atoms with van der Waals surface area (Å²) in [7, 11) is 0. The average molecular weight is 479 g/mol. The zero-order valence-corrected chi connectivity index (χ0v) is 19.9. The zero-order chi connectivity index (χ0) is 23.6. The maximum Gasteiger partial charge on any atom is 0.0971 e. The molecule has 1 aliphatic rings. The molecule has 0 N–H and O–H groups in total. The van der Waals surface area contributed by atoms with Gasteiger partial charge in [0.25, 0.3) is 0 Å². The van der Waals surface area contributed by atoms with Gasteiger partial charge in [0.2, 0.25) is 0 Å². The van der Waals surface area contributed by atoms with Gasteiger partial charge in [-0.3, -0.25) is 15.0 Å². The second kappa shape index (κ2) is 7.44. The second-order valence-corrected chi connectivity index (χ2v) is 9.84. The number of aromatic nitrogens is 4. The van der Waals surface area contributed by atoms with E-state index in [1.807, 2.05) is 30.7 Å². The Kier molecular flexibility index (Phi) is 4.07. The fraction of sp³-hybridized carbons (Fsp3) is 0. The van der Waals surface area contributed by atoms with E-state index in [1.165, 1.54) is 21.8 Å². The number of fused-ring (bicyclic) bond motifs is 7. The lowest BCUT2D eigenvalue weighted by Crippen LogP contribution is -1.98. The van der Waals surface area contributed by atoms with Crippen LogP contribution in [0.2, 0.25) is 0 Å². The number of thiophene rings is 1. The zero-order valence-electron chi connectivity index (χ0n) is 19.1. The summed E-state index contributed by atoms with van der Waals surface area (Å²) in [5.41, 5.74) is 3.36. The van der Waals surface area contributed by atoms with E-state index in [-0.39, 0.29) is 0 Å². The van der Waals surface area contributed by atoms with Gasteiger partial charge in [0.15, 0.2) is 0 Å². The first-order chi connectivity index (χ1) is 17.9. The van der Waals surface area contributed by atoms with Crippen molar-refractivity contribution in [2.75, 3.05) is 0 Å². The molecular weight excluding hydrogens is 460 g/mol. The maximum atomic E-state index is 5.12. The van der Waals surface area contributed by atoms with Crippen LogP contribution in [0.3, 0.4) is 0 Å². The van der Waals surface area contributed by atoms with Crippen molar-refractivity contribution < 1.29 is 0 Å². The molecule has 0 aliphatic heterocycles. The van der Waals surface area contributed by atoms with Crippen molar-refractivity contribution in [1.29, 1.82) is 0 Å². The Morgan fingerprint density at radius 3 is 1.89 bits per heavy atom. The van der Waals surface area contributed by atoms with Crippen molar-refractivity contribution in [3.05, 3.63) is 150 Å². The lowest BCUT2D eigenvalue weighted by Gasteiger charge is -2.08. The second-order valence-electron chi connectivity index (χ2n) is 8.92. The normalized spacial score (nSPS) is 15.9. The van der Waals surface area contributed by atoms with Crippen molar-refractivity contribution in [1.82, 2.24) is 19.5 Å². The average Bonchev–Trinajstić information content (AvgIpc) is 3.55. The highest BCUT2D eigenvalue weighted by molar-refractivity contribution is 7.08. The van der Waals surface area contributed by atoms with Gasteiger partial charge < -0.3 is 4.57 Å². The molecular formula is C31H18N4S. The Morgan fingerprint density at radius 2 is 1.19 bits per heavy atom. The molecule has 0 radical (unpaired) electrons. The summed E-state index contributed by atoms with van der Waals surface area (Å²) in [6.45, 7) is 0. The largest absolute Gasteiger partial charge is 0.308 e. The van der Waals surface area contributed by atoms with Gasteiger partial charge in [-0.2, -0.15) is 0 Å². The highest BCUT2D eigenvalue weighted by atomic mass is 32.1. The molecule has 0 saturated heterocycles. The smallest absolute Gasteiger partial charge is 0.0971 e. The van der Waals surface area contributed by atoms with Gasteiger partial charge in [0, 0.05) is 44.0 Å². The molecule has 0 unspecified atom stereocenters. The molecule has 36 heavy (non-hydrogen) atoms. The third-order valence-electron chi connectivity index (χ3n) is 7.01. The lowest BCUT2D eigenvalue weighted by atomic mass is 10.1. The van der Waals surface area contributed by atoms with Gasteiger partial charge >= 0.3 is 0 Å². The molecule has 5 aromatic heterocycles. The van der Waals surface area contributed by atoms with Gasteiger partial charge in [0.05, 0.1) is 43.5 Å². The van der Waals surface area contributed by atoms with Crippen LogP contribution in [0.25, 0.3) is 27.5 Å². The Labute approximate surface area is 208 Å². The van der Waals surface area contributed by atoms with Gasteiger partial charge in [-0.15, -0.1) is 11.3 Å². The van der Waals surface area contributed by atoms with E-state index >= 15 is 0 Å². The fourth-order valence-electron chi connectivity index (χ4n) is 5.49. The third-order valence-corrected chi connectivity index (χ3v) is 7.93. The van der Waals surface area contributed by atoms with Gasteiger partial charge in [0.1, 0.15) is 0 Å². The quantitative estimate of drug-likeness (QED) is 0.271. The van der Waals surface area contributed by atoms with Crippen LogP contribution >= 0.6 is 11.3 Å². The number of para-hydroxylation sites is 2. The van der Waals surface area contributed by atoms with Crippen molar-refractivity contribution in [2.45, 2.75) is 0 Å². The summed E-state index contributed by atoms with van der Waals surface area (Å²) in [5, 5.41) is 11.7. The first kappa shape index (κ1) is 19.7. The minimum absolute atomic E-state index is 0.882. The first-order valence-electron chi connectivity index (χ1n) is 11.9. The van der Waals surface area contributed by atoms with Gasteiger partial charge in [-0.25, -0.2) is 0 Å². The molecule has 0 saturated carbocycles. The van der Waals surface area contributed by atoms with E-state index < -0.39 is 0 Å². The summed E-state index contributed by atoms with van der Waals surface area (Å²) >= 11 is 1.72. The Hall–Kier alpha value is -4.61. The molecule has 4 nitrogen and oxygen atoms in total. The molecule has 168 valence electrons. The van der Waals surface area contributed by atoms with Crippen molar-refractivity contribution in [2.24, 2.45) is 0 Å². The molecule has 0 amide bonds. The van der Waals surface area contributed by atoms with Crippen LogP contribution in [0.4, 0.5) is 0 Å². The molecule has 2 aromatic carbocycles. The molecule has 0 fully saturated rings. The minimum Gasteiger partial charge on any atom is -0.308 e. The SMILES string of the molecule is c1cnc2/c(c1)=c1/cc(-n3c4ccccc4c4ccccc43)cn/c1=c1\scc\c1=c1/cccn/c1=2. The molecule has 0 spiro atoms. The van der Waals surface area contributed by atoms with E-state index in [9.17, 15) is 0 Å². The maximum absolute atomic E-state index is 5.12. The first-order valence-corrected chi connectivity index (χ1v) is 12.7. The summed E-state index contributed by atoms with van der Waals surface area (Å²) in [6.07, 6.45) is 5.69. The number of rotatable bonds is 1. The number of hydrogen-bond donors (Lipinski definition) is 0. The lowest BCUT2D eigenvalue weighted by molar-refractivity contribution is 1.07. The third kappa shape index (κ3) is 2.66. The molecule has 0 bridgehead atoms. The number of pyridine rings is 3. The summed E-state index contributed by atoms with van der Waals surface area (Å²) < 4.78 is 3.47. The molecule has 5 heteroatoms. The predicted molar refractivity (Wildman–Crippen MR) is 142 cm³/mol. The van der Waals surface area contributed by atoms with E-state index in [1.54, 1.807) is 11.3 Å². The summed E-state index contributed by atoms with van der Waals surface area (Å²) in [6, 6.07) is 29.8. The Bertz CT molecular complexity index is 2340. The van der Waals surface area contributed by atoms with Crippen LogP contribution in [0.5, 0.6) is 0 Å². The highest BCUT2D eigenvalue weighted by Crippen LogP contribution is 2.31. The minimum atomic E-state index is 0.882. The number of benzene rings is 2. The molecule has 5 heterocycles. The molecule has 8 rings (SSSR count). The number of hydrogen-bond acceptors (Lipinski definition) is 4.